The molecule has 1 aliphatic rings. The van der Waals surface area contributed by atoms with E-state index in [1.165, 1.54) is 38.0 Å². The zero-order valence-corrected chi connectivity index (χ0v) is 23.4. The number of methoxy groups -OCH3 is 2. The van der Waals surface area contributed by atoms with Crippen molar-refractivity contribution in [1.29, 1.82) is 0 Å². The molecule has 1 aliphatic heterocycles. The quantitative estimate of drug-likeness (QED) is 0.389. The Bertz CT molecular complexity index is 1350. The van der Waals surface area contributed by atoms with Crippen LogP contribution in [0.15, 0.2) is 71.6 Å². The van der Waals surface area contributed by atoms with E-state index in [4.69, 9.17) is 14.2 Å². The van der Waals surface area contributed by atoms with Crippen molar-refractivity contribution in [1.82, 2.24) is 10.2 Å². The lowest BCUT2D eigenvalue weighted by atomic mass is 10.1. The van der Waals surface area contributed by atoms with E-state index in [0.29, 0.717) is 11.4 Å². The number of ether oxygens (including phenoxy) is 3. The molecule has 3 aromatic carbocycles. The molecule has 0 bridgehead atoms. The number of aryl methyl sites for hydroxylation is 1. The first-order valence-electron chi connectivity index (χ1n) is 12.8. The van der Waals surface area contributed by atoms with E-state index in [9.17, 15) is 13.2 Å². The Hall–Kier alpha value is -3.60. The Labute approximate surface area is 230 Å². The molecule has 0 spiro atoms. The fourth-order valence-corrected chi connectivity index (χ4v) is 5.73. The highest BCUT2D eigenvalue weighted by molar-refractivity contribution is 7.92. The van der Waals surface area contributed by atoms with Crippen molar-refractivity contribution in [2.75, 3.05) is 51.4 Å². The third-order valence-corrected chi connectivity index (χ3v) is 8.34. The molecule has 0 unspecified atom stereocenters. The Balaban J connectivity index is 1.47. The first kappa shape index (κ1) is 28.4. The van der Waals surface area contributed by atoms with Gasteiger partial charge in [0.15, 0.2) is 11.5 Å². The summed E-state index contributed by atoms with van der Waals surface area (Å²) in [4.78, 5) is 15.4. The third-order valence-electron chi connectivity index (χ3n) is 6.57. The second kappa shape index (κ2) is 13.0. The number of benzene rings is 3. The van der Waals surface area contributed by atoms with Crippen LogP contribution in [-0.4, -0.2) is 66.3 Å². The van der Waals surface area contributed by atoms with Gasteiger partial charge in [-0.25, -0.2) is 8.42 Å². The molecule has 39 heavy (non-hydrogen) atoms. The summed E-state index contributed by atoms with van der Waals surface area (Å²) in [6.45, 7) is 6.02. The van der Waals surface area contributed by atoms with Crippen LogP contribution in [0.2, 0.25) is 0 Å². The van der Waals surface area contributed by atoms with Crippen LogP contribution in [0.4, 0.5) is 5.69 Å². The number of anilines is 1. The predicted octanol–water partition coefficient (Wildman–Crippen LogP) is 3.36. The van der Waals surface area contributed by atoms with E-state index in [0.717, 1.165) is 48.3 Å². The number of sulfonamides is 1. The maximum absolute atomic E-state index is 13.7. The van der Waals surface area contributed by atoms with Crippen LogP contribution < -0.4 is 19.1 Å². The van der Waals surface area contributed by atoms with Gasteiger partial charge in [-0.2, -0.15) is 0 Å². The second-order valence-corrected chi connectivity index (χ2v) is 11.2. The van der Waals surface area contributed by atoms with Gasteiger partial charge in [0.1, 0.15) is 6.54 Å². The summed E-state index contributed by atoms with van der Waals surface area (Å²) in [6.07, 6.45) is 0. The molecule has 1 saturated heterocycles. The zero-order valence-electron chi connectivity index (χ0n) is 22.6. The average Bonchev–Trinajstić information content (AvgIpc) is 2.96. The molecule has 0 saturated carbocycles. The van der Waals surface area contributed by atoms with E-state index in [1.807, 2.05) is 31.2 Å². The summed E-state index contributed by atoms with van der Waals surface area (Å²) in [6, 6.07) is 19.4. The molecule has 208 valence electrons. The number of nitrogens with zero attached hydrogens (tertiary/aromatic N) is 2. The van der Waals surface area contributed by atoms with Gasteiger partial charge in [-0.3, -0.25) is 14.0 Å². The Morgan fingerprint density at radius 3 is 2.21 bits per heavy atom. The lowest BCUT2D eigenvalue weighted by Crippen LogP contribution is -2.40. The molecular formula is C29H35N3O6S. The summed E-state index contributed by atoms with van der Waals surface area (Å²) in [5.74, 6) is 0.271. The molecule has 4 rings (SSSR count). The largest absolute Gasteiger partial charge is 0.493 e. The zero-order chi connectivity index (χ0) is 27.8. The molecule has 0 atom stereocenters. The predicted molar refractivity (Wildman–Crippen MR) is 150 cm³/mol. The van der Waals surface area contributed by atoms with Gasteiger partial charge in [-0.15, -0.1) is 0 Å². The minimum absolute atomic E-state index is 0.00983. The van der Waals surface area contributed by atoms with Gasteiger partial charge in [0.05, 0.1) is 38.0 Å². The van der Waals surface area contributed by atoms with Crippen molar-refractivity contribution in [3.63, 3.8) is 0 Å². The van der Waals surface area contributed by atoms with Crippen LogP contribution in [-0.2, 0) is 32.6 Å². The van der Waals surface area contributed by atoms with Crippen LogP contribution >= 0.6 is 0 Å². The number of carbonyl (C=O) groups excluding carboxylic acids is 1. The van der Waals surface area contributed by atoms with Gasteiger partial charge in [0.25, 0.3) is 10.0 Å². The van der Waals surface area contributed by atoms with E-state index in [2.05, 4.69) is 22.3 Å². The van der Waals surface area contributed by atoms with Crippen molar-refractivity contribution in [2.45, 2.75) is 24.9 Å². The smallest absolute Gasteiger partial charge is 0.264 e. The Morgan fingerprint density at radius 1 is 0.923 bits per heavy atom. The topological polar surface area (TPSA) is 97.4 Å². The first-order chi connectivity index (χ1) is 18.8. The normalized spacial score (nSPS) is 14.0. The van der Waals surface area contributed by atoms with Crippen LogP contribution in [0.25, 0.3) is 0 Å². The van der Waals surface area contributed by atoms with E-state index in [-0.39, 0.29) is 23.7 Å². The molecule has 0 aromatic heterocycles. The molecule has 1 N–H and O–H groups in total. The molecule has 3 aromatic rings. The summed E-state index contributed by atoms with van der Waals surface area (Å²) in [5, 5.41) is 2.86. The number of hydrogen-bond acceptors (Lipinski definition) is 7. The van der Waals surface area contributed by atoms with Crippen molar-refractivity contribution in [2.24, 2.45) is 0 Å². The molecule has 9 nitrogen and oxygen atoms in total. The van der Waals surface area contributed by atoms with Crippen LogP contribution in [0.3, 0.4) is 0 Å². The summed E-state index contributed by atoms with van der Waals surface area (Å²) in [7, 11) is -1.18. The molecule has 0 aliphatic carbocycles. The van der Waals surface area contributed by atoms with Crippen molar-refractivity contribution < 1.29 is 27.4 Å². The summed E-state index contributed by atoms with van der Waals surface area (Å²) >= 11 is 0. The number of amides is 1. The lowest BCUT2D eigenvalue weighted by Gasteiger charge is -2.26. The van der Waals surface area contributed by atoms with Crippen molar-refractivity contribution >= 4 is 21.6 Å². The Morgan fingerprint density at radius 2 is 1.56 bits per heavy atom. The Kier molecular flexibility index (Phi) is 9.45. The van der Waals surface area contributed by atoms with Gasteiger partial charge in [-0.05, 0) is 42.3 Å². The molecule has 1 fully saturated rings. The van der Waals surface area contributed by atoms with Gasteiger partial charge in [-0.1, -0.05) is 42.0 Å². The highest BCUT2D eigenvalue weighted by atomic mass is 32.2. The van der Waals surface area contributed by atoms with Crippen molar-refractivity contribution in [3.8, 4) is 11.5 Å². The average molecular weight is 554 g/mol. The lowest BCUT2D eigenvalue weighted by molar-refractivity contribution is -0.119. The van der Waals surface area contributed by atoms with E-state index < -0.39 is 15.9 Å². The molecular weight excluding hydrogens is 518 g/mol. The number of nitrogens with one attached hydrogen (secondary N) is 1. The number of morpholine rings is 1. The van der Waals surface area contributed by atoms with Crippen LogP contribution in [0.5, 0.6) is 11.5 Å². The molecule has 10 heteroatoms. The molecule has 1 amide bonds. The fraction of sp³-hybridized carbons (Fsp3) is 0.345. The maximum Gasteiger partial charge on any atom is 0.264 e. The number of hydrogen-bond donors (Lipinski definition) is 1. The highest BCUT2D eigenvalue weighted by Crippen LogP contribution is 2.32. The number of carbonyl (C=O) groups is 1. The standard InChI is InChI=1S/C29H35N3O6S/c1-22-4-10-25(11-5-22)32(39(34,35)26-12-13-27(36-2)28(18-26)37-3)21-29(33)30-19-23-6-8-24(9-7-23)20-31-14-16-38-17-15-31/h4-13,18H,14-17,19-21H2,1-3H3,(H,30,33). The first-order valence-corrected chi connectivity index (χ1v) is 14.2. The van der Waals surface area contributed by atoms with Gasteiger partial charge >= 0.3 is 0 Å². The SMILES string of the molecule is COc1ccc(S(=O)(=O)N(CC(=O)NCc2ccc(CN3CCOCC3)cc2)c2ccc(C)cc2)cc1OC. The van der Waals surface area contributed by atoms with Crippen LogP contribution in [0, 0.1) is 6.92 Å². The molecule has 0 radical (unpaired) electrons. The minimum atomic E-state index is -4.10. The fourth-order valence-electron chi connectivity index (χ4n) is 4.30. The minimum Gasteiger partial charge on any atom is -0.493 e. The number of rotatable bonds is 11. The summed E-state index contributed by atoms with van der Waals surface area (Å²) < 4.78 is 44.5. The monoisotopic (exact) mass is 553 g/mol. The van der Waals surface area contributed by atoms with Crippen molar-refractivity contribution in [3.05, 3.63) is 83.4 Å². The van der Waals surface area contributed by atoms with Crippen LogP contribution in [0.1, 0.15) is 16.7 Å². The maximum atomic E-state index is 13.7. The van der Waals surface area contributed by atoms with Gasteiger partial charge in [0, 0.05) is 32.2 Å². The highest BCUT2D eigenvalue weighted by Gasteiger charge is 2.28. The third kappa shape index (κ3) is 7.29. The van der Waals surface area contributed by atoms with E-state index in [1.54, 1.807) is 12.1 Å². The second-order valence-electron chi connectivity index (χ2n) is 9.35. The summed E-state index contributed by atoms with van der Waals surface area (Å²) in [5.41, 5.74) is 3.49. The molecule has 1 heterocycles. The van der Waals surface area contributed by atoms with E-state index >= 15 is 0 Å². The van der Waals surface area contributed by atoms with Gasteiger partial charge in [0.2, 0.25) is 5.91 Å². The van der Waals surface area contributed by atoms with Gasteiger partial charge < -0.3 is 19.5 Å².